The summed E-state index contributed by atoms with van der Waals surface area (Å²) in [5.41, 5.74) is 0.525. The van der Waals surface area contributed by atoms with Crippen molar-refractivity contribution in [2.75, 3.05) is 18.1 Å². The van der Waals surface area contributed by atoms with Crippen LogP contribution in [0.2, 0.25) is 0 Å². The Kier molecular flexibility index (Phi) is 6.64. The molecule has 118 valence electrons. The second-order valence-electron chi connectivity index (χ2n) is 5.18. The van der Waals surface area contributed by atoms with Crippen LogP contribution in [0.4, 0.5) is 5.69 Å². The Balaban J connectivity index is 0.00000220. The van der Waals surface area contributed by atoms with Gasteiger partial charge in [-0.15, -0.1) is 12.4 Å². The molecule has 1 saturated heterocycles. The minimum atomic E-state index is -3.25. The number of sulfone groups is 1. The first-order chi connectivity index (χ1) is 9.45. The van der Waals surface area contributed by atoms with Crippen LogP contribution in [-0.4, -0.2) is 33.2 Å². The van der Waals surface area contributed by atoms with Crippen molar-refractivity contribution < 1.29 is 13.2 Å². The molecular formula is C14H21ClN2O3S. The molecule has 7 heteroatoms. The average Bonchev–Trinajstić information content (AvgIpc) is 2.89. The van der Waals surface area contributed by atoms with E-state index in [1.165, 1.54) is 18.6 Å². The molecular weight excluding hydrogens is 312 g/mol. The van der Waals surface area contributed by atoms with Gasteiger partial charge in [0.2, 0.25) is 5.91 Å². The lowest BCUT2D eigenvalue weighted by Gasteiger charge is -2.10. The standard InChI is InChI=1S/C14H20N2O3S.ClH/c1-20(18,19)13-6-2-4-12(10-13)16-14(17)8-7-11-5-3-9-15-11;/h2,4,6,10-11,15H,3,5,7-9H2,1H3,(H,16,17);1H. The molecule has 0 saturated carbocycles. The molecule has 0 spiro atoms. The van der Waals surface area contributed by atoms with E-state index in [4.69, 9.17) is 0 Å². The van der Waals surface area contributed by atoms with E-state index in [0.29, 0.717) is 18.2 Å². The molecule has 1 fully saturated rings. The van der Waals surface area contributed by atoms with E-state index < -0.39 is 9.84 Å². The topological polar surface area (TPSA) is 75.3 Å². The van der Waals surface area contributed by atoms with E-state index >= 15 is 0 Å². The fourth-order valence-corrected chi connectivity index (χ4v) is 3.00. The molecule has 0 bridgehead atoms. The van der Waals surface area contributed by atoms with Gasteiger partial charge < -0.3 is 10.6 Å². The third-order valence-corrected chi connectivity index (χ3v) is 4.54. The van der Waals surface area contributed by atoms with Crippen molar-refractivity contribution in [2.45, 2.75) is 36.6 Å². The molecule has 1 amide bonds. The molecule has 0 radical (unpaired) electrons. The highest BCUT2D eigenvalue weighted by Crippen LogP contribution is 2.16. The number of halogens is 1. The largest absolute Gasteiger partial charge is 0.326 e. The Hall–Kier alpha value is -1.11. The van der Waals surface area contributed by atoms with Crippen LogP contribution in [0.3, 0.4) is 0 Å². The smallest absolute Gasteiger partial charge is 0.224 e. The molecule has 1 aromatic carbocycles. The Bertz CT molecular complexity index is 584. The predicted octanol–water partition coefficient (Wildman–Crippen LogP) is 1.98. The Morgan fingerprint density at radius 3 is 2.81 bits per heavy atom. The lowest BCUT2D eigenvalue weighted by Crippen LogP contribution is -2.23. The van der Waals surface area contributed by atoms with E-state index in [0.717, 1.165) is 25.6 Å². The zero-order valence-electron chi connectivity index (χ0n) is 12.0. The Morgan fingerprint density at radius 2 is 2.19 bits per heavy atom. The first-order valence-corrected chi connectivity index (χ1v) is 8.67. The van der Waals surface area contributed by atoms with E-state index in [1.807, 2.05) is 0 Å². The number of amides is 1. The van der Waals surface area contributed by atoms with E-state index in [2.05, 4.69) is 10.6 Å². The molecule has 5 nitrogen and oxygen atoms in total. The quantitative estimate of drug-likeness (QED) is 0.864. The maximum atomic E-state index is 11.8. The van der Waals surface area contributed by atoms with Gasteiger partial charge in [-0.2, -0.15) is 0 Å². The first kappa shape index (κ1) is 17.9. The zero-order valence-corrected chi connectivity index (χ0v) is 13.6. The fraction of sp³-hybridized carbons (Fsp3) is 0.500. The van der Waals surface area contributed by atoms with Crippen molar-refractivity contribution in [1.29, 1.82) is 0 Å². The summed E-state index contributed by atoms with van der Waals surface area (Å²) in [5, 5.41) is 6.09. The summed E-state index contributed by atoms with van der Waals surface area (Å²) in [6, 6.07) is 6.77. The second kappa shape index (κ2) is 7.77. The number of hydrogen-bond donors (Lipinski definition) is 2. The summed E-state index contributed by atoms with van der Waals surface area (Å²) in [4.78, 5) is 12.1. The third-order valence-electron chi connectivity index (χ3n) is 3.43. The van der Waals surface area contributed by atoms with Gasteiger partial charge in [-0.1, -0.05) is 6.07 Å². The molecule has 1 atom stereocenters. The van der Waals surface area contributed by atoms with Gasteiger partial charge in [-0.05, 0) is 44.0 Å². The van der Waals surface area contributed by atoms with Crippen molar-refractivity contribution >= 4 is 33.8 Å². The maximum absolute atomic E-state index is 11.8. The van der Waals surface area contributed by atoms with Crippen LogP contribution in [0.5, 0.6) is 0 Å². The summed E-state index contributed by atoms with van der Waals surface area (Å²) in [5.74, 6) is -0.0793. The van der Waals surface area contributed by atoms with E-state index in [-0.39, 0.29) is 23.2 Å². The molecule has 1 aliphatic rings. The molecule has 0 aromatic heterocycles. The highest BCUT2D eigenvalue weighted by Gasteiger charge is 2.15. The van der Waals surface area contributed by atoms with Gasteiger partial charge in [0.1, 0.15) is 0 Å². The predicted molar refractivity (Wildman–Crippen MR) is 85.7 cm³/mol. The molecule has 1 aliphatic heterocycles. The summed E-state index contributed by atoms with van der Waals surface area (Å²) < 4.78 is 22.9. The van der Waals surface area contributed by atoms with Crippen LogP contribution >= 0.6 is 12.4 Å². The van der Waals surface area contributed by atoms with E-state index in [1.54, 1.807) is 12.1 Å². The van der Waals surface area contributed by atoms with Crippen LogP contribution in [0, 0.1) is 0 Å². The maximum Gasteiger partial charge on any atom is 0.224 e. The minimum Gasteiger partial charge on any atom is -0.326 e. The summed E-state index contributed by atoms with van der Waals surface area (Å²) in [6.45, 7) is 1.03. The molecule has 1 aromatic rings. The zero-order chi connectivity index (χ0) is 14.6. The molecule has 1 unspecified atom stereocenters. The van der Waals surface area contributed by atoms with Crippen LogP contribution in [0.1, 0.15) is 25.7 Å². The number of anilines is 1. The number of nitrogens with one attached hydrogen (secondary N) is 2. The van der Waals surface area contributed by atoms with Crippen LogP contribution in [0.15, 0.2) is 29.2 Å². The third kappa shape index (κ3) is 5.65. The first-order valence-electron chi connectivity index (χ1n) is 6.78. The van der Waals surface area contributed by atoms with Gasteiger partial charge in [0, 0.05) is 24.4 Å². The summed E-state index contributed by atoms with van der Waals surface area (Å²) in [7, 11) is -3.25. The van der Waals surface area contributed by atoms with Gasteiger partial charge in [0.25, 0.3) is 0 Å². The second-order valence-corrected chi connectivity index (χ2v) is 7.20. The van der Waals surface area contributed by atoms with Crippen molar-refractivity contribution in [2.24, 2.45) is 0 Å². The molecule has 1 heterocycles. The number of hydrogen-bond acceptors (Lipinski definition) is 4. The van der Waals surface area contributed by atoms with Crippen molar-refractivity contribution in [3.05, 3.63) is 24.3 Å². The van der Waals surface area contributed by atoms with Crippen LogP contribution in [-0.2, 0) is 14.6 Å². The van der Waals surface area contributed by atoms with Crippen LogP contribution < -0.4 is 10.6 Å². The van der Waals surface area contributed by atoms with Gasteiger partial charge >= 0.3 is 0 Å². The highest BCUT2D eigenvalue weighted by atomic mass is 35.5. The number of rotatable bonds is 5. The van der Waals surface area contributed by atoms with Gasteiger partial charge in [0.15, 0.2) is 9.84 Å². The number of benzene rings is 1. The van der Waals surface area contributed by atoms with Gasteiger partial charge in [-0.25, -0.2) is 8.42 Å². The minimum absolute atomic E-state index is 0. The molecule has 2 rings (SSSR count). The number of carbonyl (C=O) groups excluding carboxylic acids is 1. The Labute approximate surface area is 131 Å². The monoisotopic (exact) mass is 332 g/mol. The molecule has 0 aliphatic carbocycles. The lowest BCUT2D eigenvalue weighted by molar-refractivity contribution is -0.116. The normalized spacial score (nSPS) is 18.0. The molecule has 21 heavy (non-hydrogen) atoms. The summed E-state index contributed by atoms with van der Waals surface area (Å²) >= 11 is 0. The van der Waals surface area contributed by atoms with Gasteiger partial charge in [-0.3, -0.25) is 4.79 Å². The fourth-order valence-electron chi connectivity index (χ4n) is 2.34. The SMILES string of the molecule is CS(=O)(=O)c1cccc(NC(=O)CCC2CCCN2)c1.Cl. The average molecular weight is 333 g/mol. The van der Waals surface area contributed by atoms with Crippen LogP contribution in [0.25, 0.3) is 0 Å². The summed E-state index contributed by atoms with van der Waals surface area (Å²) in [6.07, 6.45) is 4.71. The van der Waals surface area contributed by atoms with Gasteiger partial charge in [0.05, 0.1) is 4.90 Å². The van der Waals surface area contributed by atoms with Crippen molar-refractivity contribution in [3.8, 4) is 0 Å². The van der Waals surface area contributed by atoms with Crippen molar-refractivity contribution in [3.63, 3.8) is 0 Å². The highest BCUT2D eigenvalue weighted by molar-refractivity contribution is 7.90. The lowest BCUT2D eigenvalue weighted by atomic mass is 10.1. The molecule has 2 N–H and O–H groups in total. The Morgan fingerprint density at radius 1 is 1.43 bits per heavy atom. The van der Waals surface area contributed by atoms with E-state index in [9.17, 15) is 13.2 Å². The van der Waals surface area contributed by atoms with Crippen molar-refractivity contribution in [1.82, 2.24) is 5.32 Å². The number of carbonyl (C=O) groups is 1.